The highest BCUT2D eigenvalue weighted by Crippen LogP contribution is 2.21. The fraction of sp³-hybridized carbons (Fsp3) is 0.647. The predicted octanol–water partition coefficient (Wildman–Crippen LogP) is 3.83. The zero-order valence-corrected chi connectivity index (χ0v) is 14.2. The summed E-state index contributed by atoms with van der Waals surface area (Å²) in [5.74, 6) is -0.460. The Bertz CT molecular complexity index is 515. The van der Waals surface area contributed by atoms with Gasteiger partial charge in [-0.3, -0.25) is 4.79 Å². The van der Waals surface area contributed by atoms with Gasteiger partial charge in [0.15, 0.2) is 5.76 Å². The van der Waals surface area contributed by atoms with Gasteiger partial charge < -0.3 is 14.4 Å². The second-order valence-corrected chi connectivity index (χ2v) is 5.93. The molecule has 22 heavy (non-hydrogen) atoms. The fourth-order valence-corrected chi connectivity index (χ4v) is 2.64. The third kappa shape index (κ3) is 4.12. The van der Waals surface area contributed by atoms with Crippen molar-refractivity contribution in [2.24, 2.45) is 5.92 Å². The maximum Gasteiger partial charge on any atom is 0.339 e. The Kier molecular flexibility index (Phi) is 6.65. The van der Waals surface area contributed by atoms with Gasteiger partial charge in [-0.05, 0) is 18.8 Å². The number of nitrogens with zero attached hydrogens (tertiary/aromatic N) is 1. The number of aromatic carboxylic acids is 1. The summed E-state index contributed by atoms with van der Waals surface area (Å²) in [6.07, 6.45) is 2.17. The standard InChI is InChI=1S/C17H27NO4/c1-6-12(7-2)18(10-11(4)5)16(19)15-9-13(17(20)21)14(8-3)22-15/h9,11-12H,6-8,10H2,1-5H3,(H,20,21). The van der Waals surface area contributed by atoms with Gasteiger partial charge in [-0.1, -0.05) is 34.6 Å². The summed E-state index contributed by atoms with van der Waals surface area (Å²) in [5, 5.41) is 9.19. The zero-order chi connectivity index (χ0) is 16.9. The maximum absolute atomic E-state index is 12.8. The van der Waals surface area contributed by atoms with Crippen LogP contribution in [-0.4, -0.2) is 34.5 Å². The van der Waals surface area contributed by atoms with Crippen LogP contribution in [0.15, 0.2) is 10.5 Å². The number of aryl methyl sites for hydroxylation is 1. The van der Waals surface area contributed by atoms with Crippen LogP contribution in [0.4, 0.5) is 0 Å². The fourth-order valence-electron chi connectivity index (χ4n) is 2.64. The van der Waals surface area contributed by atoms with Gasteiger partial charge in [0, 0.05) is 25.1 Å². The Morgan fingerprint density at radius 1 is 1.23 bits per heavy atom. The average Bonchev–Trinajstić information content (AvgIpc) is 2.90. The highest BCUT2D eigenvalue weighted by Gasteiger charge is 2.27. The number of hydrogen-bond donors (Lipinski definition) is 1. The Morgan fingerprint density at radius 2 is 1.82 bits per heavy atom. The van der Waals surface area contributed by atoms with Crippen LogP contribution in [0.5, 0.6) is 0 Å². The molecule has 1 amide bonds. The highest BCUT2D eigenvalue weighted by atomic mass is 16.4. The van der Waals surface area contributed by atoms with E-state index in [4.69, 9.17) is 4.42 Å². The van der Waals surface area contributed by atoms with E-state index in [-0.39, 0.29) is 23.3 Å². The van der Waals surface area contributed by atoms with Gasteiger partial charge in [-0.2, -0.15) is 0 Å². The van der Waals surface area contributed by atoms with Gasteiger partial charge in [0.05, 0.1) is 0 Å². The molecule has 0 bridgehead atoms. The van der Waals surface area contributed by atoms with Crippen molar-refractivity contribution in [2.75, 3.05) is 6.54 Å². The van der Waals surface area contributed by atoms with Crippen LogP contribution in [0.1, 0.15) is 74.1 Å². The van der Waals surface area contributed by atoms with E-state index in [1.165, 1.54) is 6.07 Å². The molecule has 1 aromatic heterocycles. The normalized spacial score (nSPS) is 11.2. The lowest BCUT2D eigenvalue weighted by Gasteiger charge is -2.31. The Morgan fingerprint density at radius 3 is 2.18 bits per heavy atom. The van der Waals surface area contributed by atoms with Gasteiger partial charge >= 0.3 is 5.97 Å². The SMILES string of the molecule is CCc1oc(C(=O)N(CC(C)C)C(CC)CC)cc1C(=O)O. The molecule has 1 heterocycles. The van der Waals surface area contributed by atoms with Crippen LogP contribution < -0.4 is 0 Å². The number of carboxylic acids is 1. The van der Waals surface area contributed by atoms with E-state index in [0.29, 0.717) is 24.6 Å². The van der Waals surface area contributed by atoms with Crippen molar-refractivity contribution in [1.29, 1.82) is 0 Å². The number of carboxylic acid groups (broad SMARTS) is 1. The van der Waals surface area contributed by atoms with E-state index in [1.807, 2.05) is 11.8 Å². The van der Waals surface area contributed by atoms with E-state index < -0.39 is 5.97 Å². The van der Waals surface area contributed by atoms with Crippen LogP contribution in [0.2, 0.25) is 0 Å². The second-order valence-electron chi connectivity index (χ2n) is 5.93. The number of amides is 1. The molecule has 0 aliphatic heterocycles. The highest BCUT2D eigenvalue weighted by molar-refractivity contribution is 5.96. The molecule has 124 valence electrons. The summed E-state index contributed by atoms with van der Waals surface area (Å²) in [6, 6.07) is 1.50. The summed E-state index contributed by atoms with van der Waals surface area (Å²) in [5.41, 5.74) is 0.0832. The van der Waals surface area contributed by atoms with Crippen molar-refractivity contribution in [1.82, 2.24) is 4.90 Å². The predicted molar refractivity (Wildman–Crippen MR) is 85.3 cm³/mol. The van der Waals surface area contributed by atoms with Crippen LogP contribution >= 0.6 is 0 Å². The smallest absolute Gasteiger partial charge is 0.339 e. The number of furan rings is 1. The molecule has 0 fully saturated rings. The quantitative estimate of drug-likeness (QED) is 0.792. The van der Waals surface area contributed by atoms with Gasteiger partial charge in [-0.15, -0.1) is 0 Å². The topological polar surface area (TPSA) is 70.8 Å². The molecular formula is C17H27NO4. The first kappa shape index (κ1) is 18.3. The molecule has 0 atom stereocenters. The van der Waals surface area contributed by atoms with Crippen molar-refractivity contribution < 1.29 is 19.1 Å². The maximum atomic E-state index is 12.8. The Labute approximate surface area is 132 Å². The molecule has 0 spiro atoms. The summed E-state index contributed by atoms with van der Waals surface area (Å²) < 4.78 is 5.52. The third-order valence-electron chi connectivity index (χ3n) is 3.78. The molecule has 0 unspecified atom stereocenters. The Balaban J connectivity index is 3.15. The van der Waals surface area contributed by atoms with Gasteiger partial charge in [0.2, 0.25) is 0 Å². The number of carbonyl (C=O) groups is 2. The summed E-state index contributed by atoms with van der Waals surface area (Å²) >= 11 is 0. The number of rotatable bonds is 8. The second kappa shape index (κ2) is 8.01. The molecule has 1 rings (SSSR count). The molecule has 0 radical (unpaired) electrons. The van der Waals surface area contributed by atoms with Crippen molar-refractivity contribution >= 4 is 11.9 Å². The third-order valence-corrected chi connectivity index (χ3v) is 3.78. The molecule has 0 saturated heterocycles. The average molecular weight is 309 g/mol. The summed E-state index contributed by atoms with van der Waals surface area (Å²) in [4.78, 5) is 25.8. The molecule has 0 aliphatic rings. The van der Waals surface area contributed by atoms with E-state index in [1.54, 1.807) is 0 Å². The first-order valence-corrected chi connectivity index (χ1v) is 8.02. The summed E-state index contributed by atoms with van der Waals surface area (Å²) in [7, 11) is 0. The van der Waals surface area contributed by atoms with Crippen molar-refractivity contribution in [3.8, 4) is 0 Å². The van der Waals surface area contributed by atoms with Crippen molar-refractivity contribution in [3.63, 3.8) is 0 Å². The molecule has 1 aromatic rings. The van der Waals surface area contributed by atoms with Gasteiger partial charge in [-0.25, -0.2) is 4.79 Å². The van der Waals surface area contributed by atoms with Crippen LogP contribution in [0.25, 0.3) is 0 Å². The van der Waals surface area contributed by atoms with E-state index in [2.05, 4.69) is 27.7 Å². The Hall–Kier alpha value is -1.78. The van der Waals surface area contributed by atoms with Crippen molar-refractivity contribution in [3.05, 3.63) is 23.2 Å². The molecule has 0 saturated carbocycles. The zero-order valence-electron chi connectivity index (χ0n) is 14.2. The van der Waals surface area contributed by atoms with E-state index in [0.717, 1.165) is 12.8 Å². The van der Waals surface area contributed by atoms with Crippen LogP contribution in [-0.2, 0) is 6.42 Å². The minimum absolute atomic E-state index is 0.0832. The van der Waals surface area contributed by atoms with Crippen LogP contribution in [0, 0.1) is 5.92 Å². The monoisotopic (exact) mass is 309 g/mol. The molecule has 0 aliphatic carbocycles. The number of carbonyl (C=O) groups excluding carboxylic acids is 1. The first-order chi connectivity index (χ1) is 10.3. The number of hydrogen-bond acceptors (Lipinski definition) is 3. The van der Waals surface area contributed by atoms with Gasteiger partial charge in [0.25, 0.3) is 5.91 Å². The van der Waals surface area contributed by atoms with Gasteiger partial charge in [0.1, 0.15) is 11.3 Å². The molecule has 5 nitrogen and oxygen atoms in total. The molecular weight excluding hydrogens is 282 g/mol. The molecule has 5 heteroatoms. The molecule has 1 N–H and O–H groups in total. The molecule has 0 aromatic carbocycles. The lowest BCUT2D eigenvalue weighted by Crippen LogP contribution is -2.41. The lowest BCUT2D eigenvalue weighted by molar-refractivity contribution is 0.0605. The van der Waals surface area contributed by atoms with Crippen LogP contribution in [0.3, 0.4) is 0 Å². The van der Waals surface area contributed by atoms with E-state index in [9.17, 15) is 14.7 Å². The lowest BCUT2D eigenvalue weighted by atomic mass is 10.1. The minimum Gasteiger partial charge on any atom is -0.478 e. The van der Waals surface area contributed by atoms with E-state index >= 15 is 0 Å². The summed E-state index contributed by atoms with van der Waals surface area (Å²) in [6.45, 7) is 10.7. The largest absolute Gasteiger partial charge is 0.478 e. The van der Waals surface area contributed by atoms with Crippen molar-refractivity contribution in [2.45, 2.75) is 59.9 Å². The minimum atomic E-state index is -1.06. The first-order valence-electron chi connectivity index (χ1n) is 8.02.